The normalized spacial score (nSPS) is 20.6. The summed E-state index contributed by atoms with van der Waals surface area (Å²) in [6.45, 7) is 0. The van der Waals surface area contributed by atoms with Crippen LogP contribution in [0.15, 0.2) is 75.5 Å². The van der Waals surface area contributed by atoms with E-state index in [-0.39, 0.29) is 34.9 Å². The fraction of sp³-hybridized carbons (Fsp3) is 0.250. The number of anilines is 2. The van der Waals surface area contributed by atoms with Crippen molar-refractivity contribution in [2.24, 2.45) is 5.73 Å². The molecule has 0 saturated heterocycles. The maximum absolute atomic E-state index is 14.0. The van der Waals surface area contributed by atoms with Gasteiger partial charge in [-0.05, 0) is 30.5 Å². The van der Waals surface area contributed by atoms with E-state index in [0.29, 0.717) is 44.8 Å². The number of carbonyl (C=O) groups is 2. The molecule has 1 aromatic heterocycles. The molecular weight excluding hydrogens is 573 g/mol. The largest absolute Gasteiger partial charge is 0.416 e. The number of hydrogen-bond acceptors (Lipinski definition) is 9. The van der Waals surface area contributed by atoms with Crippen LogP contribution >= 0.6 is 23.1 Å². The van der Waals surface area contributed by atoms with Crippen LogP contribution < -0.4 is 15.5 Å². The van der Waals surface area contributed by atoms with Gasteiger partial charge in [-0.25, -0.2) is 0 Å². The van der Waals surface area contributed by atoms with Crippen molar-refractivity contribution in [2.45, 2.75) is 40.9 Å². The first-order chi connectivity index (χ1) is 19.6. The number of halogens is 3. The summed E-state index contributed by atoms with van der Waals surface area (Å²) < 4.78 is 39.8. The van der Waals surface area contributed by atoms with Crippen molar-refractivity contribution in [3.63, 3.8) is 0 Å². The maximum Gasteiger partial charge on any atom is 0.416 e. The number of nitrogens with zero attached hydrogens (tertiary/aromatic N) is 5. The van der Waals surface area contributed by atoms with E-state index >= 15 is 0 Å². The van der Waals surface area contributed by atoms with Crippen LogP contribution in [0.1, 0.15) is 36.0 Å². The lowest BCUT2D eigenvalue weighted by molar-refractivity contribution is -0.137. The number of amides is 1. The fourth-order valence-corrected chi connectivity index (χ4v) is 7.61. The minimum atomic E-state index is -4.44. The van der Waals surface area contributed by atoms with Gasteiger partial charge >= 0.3 is 6.18 Å². The number of likely N-dealkylation sites (N-methyl/N-ethyl adjacent to an activating group) is 1. The summed E-state index contributed by atoms with van der Waals surface area (Å²) >= 11 is 2.35. The minimum Gasteiger partial charge on any atom is -0.384 e. The van der Waals surface area contributed by atoms with Crippen molar-refractivity contribution in [3.8, 4) is 6.07 Å². The molecular formula is C28H21F3N6O2S2. The molecule has 0 saturated carbocycles. The Bertz CT molecular complexity index is 1720. The zero-order valence-electron chi connectivity index (χ0n) is 21.5. The third-order valence-corrected chi connectivity index (χ3v) is 9.63. The molecule has 0 fully saturated rings. The van der Waals surface area contributed by atoms with Gasteiger partial charge in [0.25, 0.3) is 0 Å². The molecule has 3 aromatic rings. The Kier molecular flexibility index (Phi) is 6.43. The van der Waals surface area contributed by atoms with Gasteiger partial charge in [0.15, 0.2) is 10.1 Å². The van der Waals surface area contributed by atoms with Crippen LogP contribution in [-0.4, -0.2) is 28.9 Å². The maximum atomic E-state index is 14.0. The lowest BCUT2D eigenvalue weighted by Gasteiger charge is -2.42. The zero-order chi connectivity index (χ0) is 29.1. The molecule has 0 unspecified atom stereocenters. The van der Waals surface area contributed by atoms with Crippen LogP contribution in [0.25, 0.3) is 0 Å². The highest BCUT2D eigenvalue weighted by Crippen LogP contribution is 2.56. The Morgan fingerprint density at radius 3 is 2.68 bits per heavy atom. The van der Waals surface area contributed by atoms with Gasteiger partial charge in [-0.2, -0.15) is 18.4 Å². The highest BCUT2D eigenvalue weighted by molar-refractivity contribution is 8.00. The first-order valence-corrected chi connectivity index (χ1v) is 14.4. The zero-order valence-corrected chi connectivity index (χ0v) is 23.2. The molecule has 2 N–H and O–H groups in total. The third kappa shape index (κ3) is 4.04. The van der Waals surface area contributed by atoms with E-state index in [4.69, 9.17) is 5.73 Å². The predicted molar refractivity (Wildman–Crippen MR) is 148 cm³/mol. The number of rotatable bonds is 4. The fourth-order valence-electron chi connectivity index (χ4n) is 5.79. The number of fused-ring (bicyclic) bond motifs is 3. The average Bonchev–Trinajstić information content (AvgIpc) is 3.50. The molecule has 0 radical (unpaired) electrons. The molecule has 13 heteroatoms. The van der Waals surface area contributed by atoms with E-state index < -0.39 is 23.1 Å². The smallest absolute Gasteiger partial charge is 0.384 e. The number of carbonyl (C=O) groups excluding carboxylic acids is 2. The number of ketones is 1. The van der Waals surface area contributed by atoms with Crippen molar-refractivity contribution in [1.82, 2.24) is 10.2 Å². The van der Waals surface area contributed by atoms with Crippen molar-refractivity contribution < 1.29 is 22.8 Å². The number of allylic oxidation sites excluding steroid dienone is 1. The Morgan fingerprint density at radius 2 is 1.93 bits per heavy atom. The summed E-state index contributed by atoms with van der Waals surface area (Å²) in [4.78, 5) is 30.6. The van der Waals surface area contributed by atoms with E-state index in [1.807, 2.05) is 0 Å². The van der Waals surface area contributed by atoms with Gasteiger partial charge in [-0.15, -0.1) is 10.2 Å². The number of thioether (sulfide) groups is 1. The van der Waals surface area contributed by atoms with Gasteiger partial charge in [-0.1, -0.05) is 59.5 Å². The van der Waals surface area contributed by atoms with Crippen LogP contribution in [0.3, 0.4) is 0 Å². The Labute approximate surface area is 241 Å². The summed E-state index contributed by atoms with van der Waals surface area (Å²) in [6, 6.07) is 14.3. The lowest BCUT2D eigenvalue weighted by atomic mass is 9.64. The number of para-hydroxylation sites is 1. The molecule has 2 aliphatic heterocycles. The van der Waals surface area contributed by atoms with Gasteiger partial charge < -0.3 is 10.6 Å². The number of benzene rings is 2. The van der Waals surface area contributed by atoms with E-state index in [1.54, 1.807) is 37.4 Å². The summed E-state index contributed by atoms with van der Waals surface area (Å²) in [7, 11) is 1.61. The number of alkyl halides is 3. The molecule has 1 atom stereocenters. The van der Waals surface area contributed by atoms with Crippen LogP contribution in [0.2, 0.25) is 0 Å². The van der Waals surface area contributed by atoms with E-state index in [9.17, 15) is 28.0 Å². The molecule has 208 valence electrons. The lowest BCUT2D eigenvalue weighted by Crippen LogP contribution is -2.52. The van der Waals surface area contributed by atoms with Crippen LogP contribution in [-0.2, 0) is 26.9 Å². The summed E-state index contributed by atoms with van der Waals surface area (Å²) in [5, 5.41) is 19.2. The summed E-state index contributed by atoms with van der Waals surface area (Å²) in [6.07, 6.45) is -3.27. The second kappa shape index (κ2) is 9.74. The molecule has 8 nitrogen and oxygen atoms in total. The highest BCUT2D eigenvalue weighted by Gasteiger charge is 2.61. The molecule has 6 rings (SSSR count). The quantitative estimate of drug-likeness (QED) is 0.406. The van der Waals surface area contributed by atoms with Crippen LogP contribution in [0, 0.1) is 11.3 Å². The molecule has 2 aromatic carbocycles. The number of nitriles is 1. The standard InChI is InChI=1S/C28H21F3N6O2S2/c1-36-19-9-3-2-8-17(19)27(24(36)39)18(13-32)23(33)37(20-10-5-11-21(38)22(20)27)25-34-35-26(41-25)40-14-15-6-4-7-16(12-15)28(29,30)31/h2-4,6-9,12H,5,10-11,14,33H2,1H3/t27-/m1/s1. The van der Waals surface area contributed by atoms with Crippen molar-refractivity contribution >= 4 is 45.6 Å². The molecule has 3 heterocycles. The average molecular weight is 595 g/mol. The predicted octanol–water partition coefficient (Wildman–Crippen LogP) is 5.28. The summed E-state index contributed by atoms with van der Waals surface area (Å²) in [5.74, 6) is -0.445. The third-order valence-electron chi connectivity index (χ3n) is 7.51. The van der Waals surface area contributed by atoms with E-state index in [2.05, 4.69) is 16.3 Å². The van der Waals surface area contributed by atoms with E-state index in [1.165, 1.54) is 27.6 Å². The van der Waals surface area contributed by atoms with E-state index in [0.717, 1.165) is 23.5 Å². The van der Waals surface area contributed by atoms with Crippen LogP contribution in [0.5, 0.6) is 0 Å². The molecule has 1 spiro atoms. The van der Waals surface area contributed by atoms with Gasteiger partial charge in [0.05, 0.1) is 11.1 Å². The first kappa shape index (κ1) is 27.0. The number of nitrogens with two attached hydrogens (primary N) is 1. The van der Waals surface area contributed by atoms with Crippen LogP contribution in [0.4, 0.5) is 24.0 Å². The highest BCUT2D eigenvalue weighted by atomic mass is 32.2. The number of aromatic nitrogens is 2. The van der Waals surface area contributed by atoms with Crippen molar-refractivity contribution in [2.75, 3.05) is 16.8 Å². The SMILES string of the molecule is CN1C(=O)[C@@]2(C(C#N)=C(N)N(c3nnc(SCc4cccc(C(F)(F)F)c4)s3)C3=C2C(=O)CCC3)c2ccccc21. The topological polar surface area (TPSA) is 116 Å². The second-order valence-electron chi connectivity index (χ2n) is 9.77. The van der Waals surface area contributed by atoms with Gasteiger partial charge in [-0.3, -0.25) is 14.5 Å². The molecule has 41 heavy (non-hydrogen) atoms. The Hall–Kier alpha value is -4.15. The second-order valence-corrected chi connectivity index (χ2v) is 12.0. The molecule has 0 bridgehead atoms. The molecule has 1 amide bonds. The number of Topliss-reactive ketones (excluding diaryl/α,β-unsaturated/α-hetero) is 1. The molecule has 1 aliphatic carbocycles. The Morgan fingerprint density at radius 1 is 1.15 bits per heavy atom. The van der Waals surface area contributed by atoms with Gasteiger partial charge in [0, 0.05) is 41.7 Å². The van der Waals surface area contributed by atoms with Crippen molar-refractivity contribution in [3.05, 3.63) is 87.9 Å². The number of hydrogen-bond donors (Lipinski definition) is 1. The van der Waals surface area contributed by atoms with Gasteiger partial charge in [0.1, 0.15) is 17.3 Å². The molecule has 3 aliphatic rings. The monoisotopic (exact) mass is 594 g/mol. The minimum absolute atomic E-state index is 0.00928. The summed E-state index contributed by atoms with van der Waals surface area (Å²) in [5.41, 5.74) is 6.55. The van der Waals surface area contributed by atoms with Crippen molar-refractivity contribution in [1.29, 1.82) is 5.26 Å². The Balaban J connectivity index is 1.41. The first-order valence-electron chi connectivity index (χ1n) is 12.6. The van der Waals surface area contributed by atoms with Gasteiger partial charge in [0.2, 0.25) is 11.0 Å².